The van der Waals surface area contributed by atoms with E-state index in [-0.39, 0.29) is 10.8 Å². The summed E-state index contributed by atoms with van der Waals surface area (Å²) in [6.07, 6.45) is 6.47. The van der Waals surface area contributed by atoms with Gasteiger partial charge in [0.2, 0.25) is 0 Å². The molecular formula is C129H124N11+5. The number of rotatable bonds is 6. The van der Waals surface area contributed by atoms with Crippen LogP contribution in [0.3, 0.4) is 0 Å². The smallest absolute Gasteiger partial charge is 0.255 e. The van der Waals surface area contributed by atoms with Crippen LogP contribution in [0.1, 0.15) is 145 Å². The number of fused-ring (bicyclic) bond motifs is 29. The Labute approximate surface area is 819 Å². The number of nitrogens with zero attached hydrogens (tertiary/aromatic N) is 11. The summed E-state index contributed by atoms with van der Waals surface area (Å²) in [7, 11) is 10.9. The van der Waals surface area contributed by atoms with E-state index in [4.69, 9.17) is 4.98 Å². The van der Waals surface area contributed by atoms with Gasteiger partial charge in [-0.25, -0.2) is 18.3 Å². The summed E-state index contributed by atoms with van der Waals surface area (Å²) in [4.78, 5) is 4.80. The third-order valence-corrected chi connectivity index (χ3v) is 32.3. The van der Waals surface area contributed by atoms with E-state index in [0.29, 0.717) is 11.8 Å². The zero-order valence-corrected chi connectivity index (χ0v) is 85.2. The number of hydrogen-bond acceptors (Lipinski definition) is 1. The number of para-hydroxylation sites is 6. The first kappa shape index (κ1) is 89.7. The fourth-order valence-corrected chi connectivity index (χ4v) is 23.6. The molecule has 16 aromatic carbocycles. The largest absolute Gasteiger partial charge is 0.297 e. The highest BCUT2D eigenvalue weighted by Gasteiger charge is 2.51. The Morgan fingerprint density at radius 1 is 0.307 bits per heavy atom. The van der Waals surface area contributed by atoms with Crippen LogP contribution in [0.5, 0.6) is 0 Å². The van der Waals surface area contributed by atoms with Gasteiger partial charge in [-0.1, -0.05) is 280 Å². The van der Waals surface area contributed by atoms with E-state index in [1.807, 2.05) is 6.20 Å². The minimum absolute atomic E-state index is 0.0455. The third-order valence-electron chi connectivity index (χ3n) is 32.3. The summed E-state index contributed by atoms with van der Waals surface area (Å²) in [5.74, 6) is 3.19. The molecule has 1 aliphatic rings. The van der Waals surface area contributed by atoms with E-state index in [9.17, 15) is 0 Å². The first-order valence-corrected chi connectivity index (χ1v) is 49.7. The molecule has 0 N–H and O–H groups in total. The Balaban J connectivity index is 0.000000102. The van der Waals surface area contributed by atoms with Crippen molar-refractivity contribution in [3.05, 3.63) is 400 Å². The van der Waals surface area contributed by atoms with Crippen molar-refractivity contribution in [1.29, 1.82) is 0 Å². The molecule has 25 aromatic rings. The van der Waals surface area contributed by atoms with Gasteiger partial charge in [0.15, 0.2) is 52.0 Å². The third kappa shape index (κ3) is 13.5. The normalized spacial score (nSPS) is 12.9. The molecule has 0 radical (unpaired) electrons. The molecular weight excluding hydrogens is 1700 g/mol. The Morgan fingerprint density at radius 2 is 0.729 bits per heavy atom. The van der Waals surface area contributed by atoms with E-state index in [2.05, 4.69) is 521 Å². The molecule has 9 aromatic heterocycles. The highest BCUT2D eigenvalue weighted by atomic mass is 15.3. The second kappa shape index (κ2) is 34.0. The second-order valence-electron chi connectivity index (χ2n) is 41.2. The van der Waals surface area contributed by atoms with Gasteiger partial charge in [-0.15, -0.1) is 9.20 Å². The molecule has 0 saturated heterocycles. The average Bonchev–Trinajstić information content (AvgIpc) is 1.47. The maximum Gasteiger partial charge on any atom is 0.297 e. The Bertz CT molecular complexity index is 9450. The molecule has 690 valence electrons. The highest BCUT2D eigenvalue weighted by molar-refractivity contribution is 6.26. The maximum atomic E-state index is 4.80. The van der Waals surface area contributed by atoms with Gasteiger partial charge in [0, 0.05) is 88.3 Å². The van der Waals surface area contributed by atoms with E-state index in [1.54, 1.807) is 0 Å². The topological polar surface area (TPSA) is 55.4 Å². The van der Waals surface area contributed by atoms with Crippen LogP contribution in [0.4, 0.5) is 0 Å². The SMILES string of the molecule is Cc1ccc2c3cccc4c3n3c(c[n+](C)c3c2c1C)C(C)(C)C4(C)C.Cc1ccc2c3ccccc3c3c(c2c1C)[n+](C)c(-c1ccccc1)n3-c1c(C(C)C)cccc1C(C)C.Cc1ccc2c3ccccc3c3c(c2c1C)[n+](C)c(-c1ccccc1)n3-c1ccccc1.Cc1ccc2c3ccccc3c3cc[n+](C)n3c2c1C.Cc1cnc2c3ccccc3n3c4ccccc4[n+](C)c3c2c1C. The Kier molecular flexibility index (Phi) is 21.8. The fraction of sp³-hybridized carbons (Fsp3) is 0.209. The molecule has 0 fully saturated rings. The molecule has 11 heteroatoms. The van der Waals surface area contributed by atoms with Crippen LogP contribution in [0, 0.1) is 69.2 Å². The number of imidazole rings is 4. The molecule has 0 atom stereocenters. The van der Waals surface area contributed by atoms with Crippen LogP contribution >= 0.6 is 0 Å². The van der Waals surface area contributed by atoms with Gasteiger partial charge in [0.1, 0.15) is 39.6 Å². The highest BCUT2D eigenvalue weighted by Crippen LogP contribution is 2.53. The van der Waals surface area contributed by atoms with Gasteiger partial charge in [0.05, 0.1) is 55.6 Å². The molecule has 0 spiro atoms. The Morgan fingerprint density at radius 3 is 1.29 bits per heavy atom. The second-order valence-corrected chi connectivity index (χ2v) is 41.2. The van der Waals surface area contributed by atoms with Gasteiger partial charge in [-0.3, -0.25) is 4.98 Å². The lowest BCUT2D eigenvalue weighted by Gasteiger charge is -2.42. The van der Waals surface area contributed by atoms with Crippen molar-refractivity contribution in [3.8, 4) is 34.2 Å². The van der Waals surface area contributed by atoms with Crippen molar-refractivity contribution in [1.82, 2.24) is 27.4 Å². The minimum atomic E-state index is 0.0455. The summed E-state index contributed by atoms with van der Waals surface area (Å²) < 4.78 is 23.9. The van der Waals surface area contributed by atoms with Crippen molar-refractivity contribution in [2.45, 2.75) is 147 Å². The predicted octanol–water partition coefficient (Wildman–Crippen LogP) is 29.5. The quantitative estimate of drug-likeness (QED) is 0.121. The van der Waals surface area contributed by atoms with Gasteiger partial charge in [0.25, 0.3) is 22.9 Å². The van der Waals surface area contributed by atoms with E-state index < -0.39 is 0 Å². The van der Waals surface area contributed by atoms with Crippen LogP contribution in [-0.2, 0) is 46.1 Å². The monoisotopic (exact) mass is 1830 g/mol. The molecule has 0 unspecified atom stereocenters. The van der Waals surface area contributed by atoms with Crippen molar-refractivity contribution in [2.24, 2.45) is 35.2 Å². The maximum absolute atomic E-state index is 4.80. The zero-order valence-electron chi connectivity index (χ0n) is 85.2. The lowest BCUT2D eigenvalue weighted by Crippen LogP contribution is -2.44. The average molecular weight is 1830 g/mol. The fourth-order valence-electron chi connectivity index (χ4n) is 23.6. The molecule has 0 bridgehead atoms. The number of benzene rings is 16. The summed E-state index contributed by atoms with van der Waals surface area (Å²) >= 11 is 0. The molecule has 0 amide bonds. The molecule has 26 rings (SSSR count). The zero-order chi connectivity index (χ0) is 97.4. The van der Waals surface area contributed by atoms with Gasteiger partial charge >= 0.3 is 0 Å². The van der Waals surface area contributed by atoms with Crippen molar-refractivity contribution >= 4 is 158 Å². The van der Waals surface area contributed by atoms with Crippen molar-refractivity contribution in [2.75, 3.05) is 0 Å². The van der Waals surface area contributed by atoms with Gasteiger partial charge in [-0.05, 0) is 236 Å². The van der Waals surface area contributed by atoms with Crippen molar-refractivity contribution < 1.29 is 23.0 Å². The number of aryl methyl sites for hydroxylation is 15. The van der Waals surface area contributed by atoms with Crippen LogP contribution in [0.2, 0.25) is 0 Å². The number of pyridine rings is 4. The standard InChI is InChI=1S/C36H37N2.C30H25N2.C24H27N2.C21H18N3.C18H17N2/c1-22(2)27-18-13-19-28(23(3)4)33(27)38-34-31-17-12-11-16-29(31)30-21-20-24(5)25(6)32(30)35(34)37(7)36(38)26-14-9-8-10-15-26;1-20-18-19-25-24-16-10-11-17-26(24)28-29(27(25)21(20)2)31(3)30(22-12-6-4-7-13-22)32(28)23-14-8-5-9-15-23;1-14-11-12-16-17-9-8-10-18-21(17)26-19(24(5,6)23(18,3)4)13-25(7)22(26)20(16)15(14)2;1-13-12-22-20-15-8-4-5-9-16(15)24-18-11-7-6-10-17(18)23(3)21(24)19(20)14(13)2;1-12-8-9-16-14-6-4-5-7-15(14)17-10-11-19(3)20(17)18(16)13(12)2/h8-23H,1-7H3;4-19H,1-3H3;8-13H,1-7H3;4-12H,1-3H3;4-11H,1-3H3/q5*+1. The van der Waals surface area contributed by atoms with Crippen LogP contribution in [-0.4, -0.2) is 27.4 Å². The van der Waals surface area contributed by atoms with Crippen molar-refractivity contribution in [3.63, 3.8) is 0 Å². The number of aromatic nitrogens is 11. The van der Waals surface area contributed by atoms with Crippen LogP contribution in [0.15, 0.2) is 322 Å². The van der Waals surface area contributed by atoms with Crippen LogP contribution in [0.25, 0.3) is 192 Å². The predicted molar refractivity (Wildman–Crippen MR) is 587 cm³/mol. The number of hydrogen-bond donors (Lipinski definition) is 0. The van der Waals surface area contributed by atoms with Crippen LogP contribution < -0.4 is 23.0 Å². The summed E-state index contributed by atoms with van der Waals surface area (Å²) in [5.41, 5.74) is 40.3. The van der Waals surface area contributed by atoms with E-state index >= 15 is 0 Å². The molecule has 11 nitrogen and oxygen atoms in total. The molecule has 10 heterocycles. The summed E-state index contributed by atoms with van der Waals surface area (Å²) in [6.45, 7) is 41.0. The minimum Gasteiger partial charge on any atom is -0.255 e. The molecule has 0 saturated carbocycles. The molecule has 0 aliphatic carbocycles. The first-order valence-electron chi connectivity index (χ1n) is 49.7. The lowest BCUT2D eigenvalue weighted by molar-refractivity contribution is -0.735. The molecule has 140 heavy (non-hydrogen) atoms. The lowest BCUT2D eigenvalue weighted by atomic mass is 9.61. The van der Waals surface area contributed by atoms with E-state index in [1.165, 1.54) is 265 Å². The molecule has 1 aliphatic heterocycles. The van der Waals surface area contributed by atoms with E-state index in [0.717, 1.165) is 5.52 Å². The summed E-state index contributed by atoms with van der Waals surface area (Å²) in [6, 6.07) is 110. The van der Waals surface area contributed by atoms with Gasteiger partial charge in [-0.2, -0.15) is 17.9 Å². The summed E-state index contributed by atoms with van der Waals surface area (Å²) in [5, 5.41) is 21.0. The Hall–Kier alpha value is -15.5. The van der Waals surface area contributed by atoms with Gasteiger partial charge < -0.3 is 0 Å². The first-order chi connectivity index (χ1) is 67.5.